The van der Waals surface area contributed by atoms with Crippen LogP contribution >= 0.6 is 0 Å². The normalized spacial score (nSPS) is 11.5. The summed E-state index contributed by atoms with van der Waals surface area (Å²) in [6, 6.07) is 10.4. The Hall–Kier alpha value is -0.715. The molecule has 0 heterocycles. The van der Waals surface area contributed by atoms with Gasteiger partial charge in [-0.2, -0.15) is 0 Å². The summed E-state index contributed by atoms with van der Waals surface area (Å²) in [5, 5.41) is 0. The molecule has 0 unspecified atom stereocenters. The fourth-order valence-electron chi connectivity index (χ4n) is 1.01. The lowest BCUT2D eigenvalue weighted by Crippen LogP contribution is -2.15. The van der Waals surface area contributed by atoms with Crippen LogP contribution in [0.25, 0.3) is 0 Å². The van der Waals surface area contributed by atoms with Gasteiger partial charge in [-0.05, 0) is 11.0 Å². The highest BCUT2D eigenvalue weighted by atomic mass is 14.2. The van der Waals surface area contributed by atoms with E-state index in [-0.39, 0.29) is 5.41 Å². The minimum Gasteiger partial charge on any atom is -0.0797 e. The molecule has 1 heteroatoms. The molecule has 0 bridgehead atoms. The molecule has 0 atom stereocenters. The summed E-state index contributed by atoms with van der Waals surface area (Å²) in [7, 11) is 5.64. The molecule has 0 amide bonds. The quantitative estimate of drug-likeness (QED) is 0.559. The van der Waals surface area contributed by atoms with Crippen LogP contribution in [0, 0.1) is 0 Å². The Bertz CT molecular complexity index is 214. The van der Waals surface area contributed by atoms with E-state index < -0.39 is 0 Å². The summed E-state index contributed by atoms with van der Waals surface area (Å²) in [5.41, 5.74) is 1.42. The Morgan fingerprint density at radius 2 is 1.73 bits per heavy atom. The van der Waals surface area contributed by atoms with Crippen molar-refractivity contribution in [2.75, 3.05) is 0 Å². The zero-order valence-electron chi connectivity index (χ0n) is 7.17. The van der Waals surface area contributed by atoms with Crippen LogP contribution in [-0.2, 0) is 5.41 Å². The van der Waals surface area contributed by atoms with Gasteiger partial charge in [0.1, 0.15) is 0 Å². The predicted octanol–water partition coefficient (Wildman–Crippen LogP) is 2.55. The Kier molecular flexibility index (Phi) is 2.38. The van der Waals surface area contributed by atoms with Gasteiger partial charge in [-0.25, -0.2) is 0 Å². The molecule has 2 radical (unpaired) electrons. The number of benzene rings is 1. The van der Waals surface area contributed by atoms with E-state index in [4.69, 9.17) is 7.85 Å². The SMILES string of the molecule is [B]CC(C)(C)c1ccccc1. The van der Waals surface area contributed by atoms with Gasteiger partial charge < -0.3 is 0 Å². The highest BCUT2D eigenvalue weighted by Gasteiger charge is 2.15. The van der Waals surface area contributed by atoms with Crippen molar-refractivity contribution in [3.8, 4) is 0 Å². The van der Waals surface area contributed by atoms with Gasteiger partial charge in [0.15, 0.2) is 0 Å². The topological polar surface area (TPSA) is 0 Å². The maximum atomic E-state index is 5.64. The van der Waals surface area contributed by atoms with Crippen LogP contribution in [0.1, 0.15) is 19.4 Å². The van der Waals surface area contributed by atoms with Gasteiger partial charge in [0, 0.05) is 0 Å². The van der Waals surface area contributed by atoms with Crippen molar-refractivity contribution in [1.29, 1.82) is 0 Å². The van der Waals surface area contributed by atoms with Crippen molar-refractivity contribution in [2.24, 2.45) is 0 Å². The second-order valence-corrected chi connectivity index (χ2v) is 3.45. The number of hydrogen-bond acceptors (Lipinski definition) is 0. The van der Waals surface area contributed by atoms with Gasteiger partial charge >= 0.3 is 0 Å². The van der Waals surface area contributed by atoms with E-state index in [0.29, 0.717) is 6.32 Å². The van der Waals surface area contributed by atoms with Crippen molar-refractivity contribution in [1.82, 2.24) is 0 Å². The molecule has 1 rings (SSSR count). The summed E-state index contributed by atoms with van der Waals surface area (Å²) in [6.45, 7) is 4.31. The van der Waals surface area contributed by atoms with Gasteiger partial charge in [0.25, 0.3) is 0 Å². The summed E-state index contributed by atoms with van der Waals surface area (Å²) in [5.74, 6) is 0. The highest BCUT2D eigenvalue weighted by Crippen LogP contribution is 2.25. The third-order valence-corrected chi connectivity index (χ3v) is 2.07. The molecule has 0 aromatic heterocycles. The first-order chi connectivity index (χ1) is 5.17. The smallest absolute Gasteiger partial charge is 0.0664 e. The molecular formula is C10H13B. The second-order valence-electron chi connectivity index (χ2n) is 3.45. The molecule has 0 saturated carbocycles. The van der Waals surface area contributed by atoms with E-state index in [1.54, 1.807) is 0 Å². The van der Waals surface area contributed by atoms with E-state index in [1.807, 2.05) is 18.2 Å². The predicted molar refractivity (Wildman–Crippen MR) is 50.0 cm³/mol. The first-order valence-electron chi connectivity index (χ1n) is 3.92. The maximum absolute atomic E-state index is 5.64. The molecule has 0 fully saturated rings. The van der Waals surface area contributed by atoms with Crippen LogP contribution in [0.2, 0.25) is 6.32 Å². The van der Waals surface area contributed by atoms with Gasteiger partial charge in [-0.15, -0.1) is 0 Å². The van der Waals surface area contributed by atoms with Crippen molar-refractivity contribution in [3.05, 3.63) is 35.9 Å². The Balaban J connectivity index is 2.93. The third-order valence-electron chi connectivity index (χ3n) is 2.07. The van der Waals surface area contributed by atoms with E-state index >= 15 is 0 Å². The fourth-order valence-corrected chi connectivity index (χ4v) is 1.01. The molecule has 56 valence electrons. The summed E-state index contributed by atoms with van der Waals surface area (Å²) < 4.78 is 0. The standard InChI is InChI=1S/C10H13B/c1-10(2,8-11)9-6-4-3-5-7-9/h3-7H,8H2,1-2H3. The summed E-state index contributed by atoms with van der Waals surface area (Å²) in [6.07, 6.45) is 0.691. The molecule has 0 aliphatic rings. The largest absolute Gasteiger partial charge is 0.0797 e. The minimum atomic E-state index is 0.112. The lowest BCUT2D eigenvalue weighted by Gasteiger charge is -2.23. The van der Waals surface area contributed by atoms with Crippen molar-refractivity contribution >= 4 is 7.85 Å². The molecule has 0 N–H and O–H groups in total. The van der Waals surface area contributed by atoms with Crippen molar-refractivity contribution < 1.29 is 0 Å². The van der Waals surface area contributed by atoms with Gasteiger partial charge in [-0.3, -0.25) is 0 Å². The van der Waals surface area contributed by atoms with E-state index in [9.17, 15) is 0 Å². The summed E-state index contributed by atoms with van der Waals surface area (Å²) >= 11 is 0. The van der Waals surface area contributed by atoms with E-state index in [0.717, 1.165) is 0 Å². The van der Waals surface area contributed by atoms with Crippen LogP contribution in [0.3, 0.4) is 0 Å². The van der Waals surface area contributed by atoms with Crippen LogP contribution in [-0.4, -0.2) is 7.85 Å². The molecule has 1 aromatic rings. The lowest BCUT2D eigenvalue weighted by molar-refractivity contribution is 0.590. The van der Waals surface area contributed by atoms with Crippen LogP contribution in [0.15, 0.2) is 30.3 Å². The Morgan fingerprint density at radius 1 is 1.18 bits per heavy atom. The zero-order valence-corrected chi connectivity index (χ0v) is 7.17. The molecule has 0 aliphatic carbocycles. The van der Waals surface area contributed by atoms with E-state index in [1.165, 1.54) is 5.56 Å². The molecule has 1 aromatic carbocycles. The molecule has 11 heavy (non-hydrogen) atoms. The Morgan fingerprint density at radius 3 is 2.18 bits per heavy atom. The van der Waals surface area contributed by atoms with Gasteiger partial charge in [0.2, 0.25) is 0 Å². The zero-order chi connectivity index (χ0) is 8.32. The second kappa shape index (κ2) is 3.12. The maximum Gasteiger partial charge on any atom is 0.0664 e. The van der Waals surface area contributed by atoms with Gasteiger partial charge in [-0.1, -0.05) is 50.5 Å². The fraction of sp³-hybridized carbons (Fsp3) is 0.400. The Labute approximate surface area is 70.0 Å². The van der Waals surface area contributed by atoms with Gasteiger partial charge in [0.05, 0.1) is 7.85 Å². The minimum absolute atomic E-state index is 0.112. The third kappa shape index (κ3) is 1.86. The average molecular weight is 144 g/mol. The molecule has 0 saturated heterocycles. The first kappa shape index (κ1) is 8.38. The molecule has 0 aliphatic heterocycles. The lowest BCUT2D eigenvalue weighted by atomic mass is 9.74. The van der Waals surface area contributed by atoms with Crippen LogP contribution < -0.4 is 0 Å². The number of rotatable bonds is 2. The van der Waals surface area contributed by atoms with Crippen LogP contribution in [0.5, 0.6) is 0 Å². The van der Waals surface area contributed by atoms with Crippen LogP contribution in [0.4, 0.5) is 0 Å². The molecule has 0 nitrogen and oxygen atoms in total. The van der Waals surface area contributed by atoms with Crippen molar-refractivity contribution in [2.45, 2.75) is 25.6 Å². The molecule has 0 spiro atoms. The van der Waals surface area contributed by atoms with E-state index in [2.05, 4.69) is 26.0 Å². The first-order valence-corrected chi connectivity index (χ1v) is 3.92. The average Bonchev–Trinajstić information content (AvgIpc) is 2.06. The highest BCUT2D eigenvalue weighted by molar-refractivity contribution is 6.09. The summed E-state index contributed by atoms with van der Waals surface area (Å²) in [4.78, 5) is 0. The van der Waals surface area contributed by atoms with Crippen molar-refractivity contribution in [3.63, 3.8) is 0 Å². The number of hydrogen-bond donors (Lipinski definition) is 0. The monoisotopic (exact) mass is 144 g/mol. The molecular weight excluding hydrogens is 131 g/mol.